The molecule has 0 bridgehead atoms. The number of carbonyl (C=O) groups is 1. The quantitative estimate of drug-likeness (QED) is 0.738. The van der Waals surface area contributed by atoms with E-state index >= 15 is 0 Å². The van der Waals surface area contributed by atoms with Crippen LogP contribution in [0.1, 0.15) is 42.5 Å². The summed E-state index contributed by atoms with van der Waals surface area (Å²) in [5, 5.41) is 0. The van der Waals surface area contributed by atoms with E-state index in [-0.39, 0.29) is 11.8 Å². The van der Waals surface area contributed by atoms with E-state index < -0.39 is 11.7 Å². The van der Waals surface area contributed by atoms with Crippen LogP contribution >= 0.6 is 0 Å². The lowest BCUT2D eigenvalue weighted by Crippen LogP contribution is -2.40. The van der Waals surface area contributed by atoms with Crippen molar-refractivity contribution >= 4 is 5.91 Å². The van der Waals surface area contributed by atoms with Crippen LogP contribution in [0.5, 0.6) is 0 Å². The van der Waals surface area contributed by atoms with Crippen LogP contribution in [-0.4, -0.2) is 33.9 Å². The fraction of sp³-hybridized carbons (Fsp3) is 0.476. The van der Waals surface area contributed by atoms with E-state index in [0.717, 1.165) is 31.1 Å². The molecule has 1 saturated heterocycles. The van der Waals surface area contributed by atoms with Gasteiger partial charge in [0.1, 0.15) is 0 Å². The highest BCUT2D eigenvalue weighted by Gasteiger charge is 2.33. The molecule has 0 N–H and O–H groups in total. The molecule has 150 valence electrons. The number of aryl methyl sites for hydroxylation is 2. The summed E-state index contributed by atoms with van der Waals surface area (Å²) in [4.78, 5) is 22.5. The number of benzene rings is 1. The SMILES string of the molecule is O=C(CCc1cnccn1)N1CCC[C@@H](CCc2ccccc2C(F)(F)F)C1. The molecule has 3 rings (SSSR count). The van der Waals surface area contributed by atoms with Crippen molar-refractivity contribution in [2.24, 2.45) is 5.92 Å². The molecule has 1 amide bonds. The predicted octanol–water partition coefficient (Wildman–Crippen LogP) is 4.30. The summed E-state index contributed by atoms with van der Waals surface area (Å²) in [5.41, 5.74) is 0.567. The van der Waals surface area contributed by atoms with Gasteiger partial charge in [-0.25, -0.2) is 0 Å². The second-order valence-electron chi connectivity index (χ2n) is 7.24. The summed E-state index contributed by atoms with van der Waals surface area (Å²) in [7, 11) is 0. The molecule has 4 nitrogen and oxygen atoms in total. The van der Waals surface area contributed by atoms with E-state index in [2.05, 4.69) is 9.97 Å². The molecule has 2 heterocycles. The van der Waals surface area contributed by atoms with Crippen LogP contribution in [0.15, 0.2) is 42.9 Å². The largest absolute Gasteiger partial charge is 0.416 e. The number of carbonyl (C=O) groups excluding carboxylic acids is 1. The van der Waals surface area contributed by atoms with Gasteiger partial charge in [0.05, 0.1) is 11.3 Å². The number of amides is 1. The molecule has 0 radical (unpaired) electrons. The third kappa shape index (κ3) is 5.53. The van der Waals surface area contributed by atoms with Crippen molar-refractivity contribution in [3.05, 3.63) is 59.7 Å². The summed E-state index contributed by atoms with van der Waals surface area (Å²) in [6.45, 7) is 1.34. The lowest BCUT2D eigenvalue weighted by Gasteiger charge is -2.33. The number of hydrogen-bond acceptors (Lipinski definition) is 3. The van der Waals surface area contributed by atoms with E-state index in [0.29, 0.717) is 37.8 Å². The average Bonchev–Trinajstić information content (AvgIpc) is 2.71. The zero-order valence-electron chi connectivity index (χ0n) is 15.7. The van der Waals surface area contributed by atoms with Gasteiger partial charge < -0.3 is 4.90 Å². The molecule has 0 spiro atoms. The molecule has 0 aliphatic carbocycles. The fourth-order valence-electron chi connectivity index (χ4n) is 3.75. The number of alkyl halides is 3. The molecule has 0 saturated carbocycles. The fourth-order valence-corrected chi connectivity index (χ4v) is 3.75. The van der Waals surface area contributed by atoms with Crippen LogP contribution in [0.3, 0.4) is 0 Å². The number of halogens is 3. The Balaban J connectivity index is 1.52. The number of likely N-dealkylation sites (tertiary alicyclic amines) is 1. The van der Waals surface area contributed by atoms with Crippen molar-refractivity contribution in [2.45, 2.75) is 44.7 Å². The number of nitrogens with zero attached hydrogens (tertiary/aromatic N) is 3. The number of aromatic nitrogens is 2. The van der Waals surface area contributed by atoms with Gasteiger partial charge in [-0.05, 0) is 49.7 Å². The van der Waals surface area contributed by atoms with Crippen LogP contribution in [0, 0.1) is 5.92 Å². The van der Waals surface area contributed by atoms with Crippen LogP contribution in [0.2, 0.25) is 0 Å². The Bertz CT molecular complexity index is 780. The van der Waals surface area contributed by atoms with Crippen LogP contribution in [0.25, 0.3) is 0 Å². The normalized spacial score (nSPS) is 17.5. The van der Waals surface area contributed by atoms with Crippen molar-refractivity contribution < 1.29 is 18.0 Å². The molecule has 1 aromatic heterocycles. The van der Waals surface area contributed by atoms with E-state index in [4.69, 9.17) is 0 Å². The first-order valence-electron chi connectivity index (χ1n) is 9.61. The van der Waals surface area contributed by atoms with Gasteiger partial charge in [-0.15, -0.1) is 0 Å². The van der Waals surface area contributed by atoms with Crippen molar-refractivity contribution in [1.82, 2.24) is 14.9 Å². The predicted molar refractivity (Wildman–Crippen MR) is 99.4 cm³/mol. The summed E-state index contributed by atoms with van der Waals surface area (Å²) >= 11 is 0. The molecule has 28 heavy (non-hydrogen) atoms. The van der Waals surface area contributed by atoms with E-state index in [1.165, 1.54) is 6.07 Å². The molecular formula is C21H24F3N3O. The maximum Gasteiger partial charge on any atom is 0.416 e. The average molecular weight is 391 g/mol. The number of piperidine rings is 1. The second-order valence-corrected chi connectivity index (χ2v) is 7.24. The van der Waals surface area contributed by atoms with Gasteiger partial charge >= 0.3 is 6.18 Å². The lowest BCUT2D eigenvalue weighted by atomic mass is 9.90. The monoisotopic (exact) mass is 391 g/mol. The van der Waals surface area contributed by atoms with Crippen molar-refractivity contribution in [3.8, 4) is 0 Å². The first kappa shape index (κ1) is 20.3. The minimum atomic E-state index is -4.33. The topological polar surface area (TPSA) is 46.1 Å². The van der Waals surface area contributed by atoms with Crippen molar-refractivity contribution in [2.75, 3.05) is 13.1 Å². The summed E-state index contributed by atoms with van der Waals surface area (Å²) in [6, 6.07) is 5.76. The summed E-state index contributed by atoms with van der Waals surface area (Å²) < 4.78 is 39.4. The van der Waals surface area contributed by atoms with E-state index in [1.54, 1.807) is 30.7 Å². The summed E-state index contributed by atoms with van der Waals surface area (Å²) in [5.74, 6) is 0.307. The number of rotatable bonds is 6. The van der Waals surface area contributed by atoms with Gasteiger partial charge in [-0.3, -0.25) is 14.8 Å². The number of hydrogen-bond donors (Lipinski definition) is 0. The molecule has 1 aromatic carbocycles. The molecule has 1 atom stereocenters. The Hall–Kier alpha value is -2.44. The maximum atomic E-state index is 13.1. The Morgan fingerprint density at radius 2 is 2.00 bits per heavy atom. The van der Waals surface area contributed by atoms with Crippen molar-refractivity contribution in [1.29, 1.82) is 0 Å². The zero-order valence-corrected chi connectivity index (χ0v) is 15.7. The molecule has 7 heteroatoms. The highest BCUT2D eigenvalue weighted by Crippen LogP contribution is 2.33. The van der Waals surface area contributed by atoms with Gasteiger partial charge in [0, 0.05) is 38.1 Å². The first-order valence-corrected chi connectivity index (χ1v) is 9.61. The van der Waals surface area contributed by atoms with E-state index in [1.807, 2.05) is 4.90 Å². The van der Waals surface area contributed by atoms with Gasteiger partial charge in [-0.1, -0.05) is 18.2 Å². The standard InChI is InChI=1S/C21H24F3N3O/c22-21(23,24)19-6-2-1-5-17(19)8-7-16-4-3-13-27(15-16)20(28)10-9-18-14-25-11-12-26-18/h1-2,5-6,11-12,14,16H,3-4,7-10,13,15H2/t16-/m0/s1. The molecule has 1 aliphatic rings. The van der Waals surface area contributed by atoms with Crippen molar-refractivity contribution in [3.63, 3.8) is 0 Å². The van der Waals surface area contributed by atoms with E-state index in [9.17, 15) is 18.0 Å². The van der Waals surface area contributed by atoms with Crippen LogP contribution in [-0.2, 0) is 23.8 Å². The first-order chi connectivity index (χ1) is 13.4. The molecule has 2 aromatic rings. The Kier molecular flexibility index (Phi) is 6.65. The van der Waals surface area contributed by atoms with Gasteiger partial charge in [0.2, 0.25) is 5.91 Å². The Morgan fingerprint density at radius 3 is 2.75 bits per heavy atom. The zero-order chi connectivity index (χ0) is 20.0. The third-order valence-electron chi connectivity index (χ3n) is 5.23. The molecule has 1 aliphatic heterocycles. The van der Waals surface area contributed by atoms with Crippen LogP contribution in [0.4, 0.5) is 13.2 Å². The molecular weight excluding hydrogens is 367 g/mol. The van der Waals surface area contributed by atoms with Gasteiger partial charge in [0.15, 0.2) is 0 Å². The third-order valence-corrected chi connectivity index (χ3v) is 5.23. The summed E-state index contributed by atoms with van der Waals surface area (Å²) in [6.07, 6.45) is 4.33. The highest BCUT2D eigenvalue weighted by atomic mass is 19.4. The highest BCUT2D eigenvalue weighted by molar-refractivity contribution is 5.76. The maximum absolute atomic E-state index is 13.1. The second kappa shape index (κ2) is 9.17. The minimum Gasteiger partial charge on any atom is -0.342 e. The smallest absolute Gasteiger partial charge is 0.342 e. The molecule has 1 fully saturated rings. The Labute approximate surface area is 162 Å². The molecule has 0 unspecified atom stereocenters. The van der Waals surface area contributed by atoms with Crippen LogP contribution < -0.4 is 0 Å². The lowest BCUT2D eigenvalue weighted by molar-refractivity contribution is -0.138. The van der Waals surface area contributed by atoms with Gasteiger partial charge in [0.25, 0.3) is 0 Å². The Morgan fingerprint density at radius 1 is 1.18 bits per heavy atom. The minimum absolute atomic E-state index is 0.0750. The van der Waals surface area contributed by atoms with Gasteiger partial charge in [-0.2, -0.15) is 13.2 Å².